The van der Waals surface area contributed by atoms with Gasteiger partial charge in [-0.25, -0.2) is 9.97 Å². The summed E-state index contributed by atoms with van der Waals surface area (Å²) in [5.41, 5.74) is 1.75. The van der Waals surface area contributed by atoms with Crippen molar-refractivity contribution in [1.82, 2.24) is 9.97 Å². The van der Waals surface area contributed by atoms with Gasteiger partial charge in [-0.1, -0.05) is 30.3 Å². The molecule has 1 aliphatic carbocycles. The molecule has 0 spiro atoms. The summed E-state index contributed by atoms with van der Waals surface area (Å²) in [5.74, 6) is 3.64. The molecular formula is C21H22N4O2. The summed E-state index contributed by atoms with van der Waals surface area (Å²) in [6, 6.07) is 18.0. The average molecular weight is 362 g/mol. The lowest BCUT2D eigenvalue weighted by molar-refractivity contribution is 0.405. The Morgan fingerprint density at radius 3 is 2.37 bits per heavy atom. The van der Waals surface area contributed by atoms with Gasteiger partial charge < -0.3 is 20.1 Å². The highest BCUT2D eigenvalue weighted by molar-refractivity contribution is 5.70. The topological polar surface area (TPSA) is 68.3 Å². The minimum atomic E-state index is 0.503. The molecule has 1 fully saturated rings. The fourth-order valence-electron chi connectivity index (χ4n) is 2.79. The number of methoxy groups -OCH3 is 2. The van der Waals surface area contributed by atoms with Crippen molar-refractivity contribution in [2.75, 3.05) is 24.9 Å². The molecule has 138 valence electrons. The summed E-state index contributed by atoms with van der Waals surface area (Å²) >= 11 is 0. The zero-order valence-electron chi connectivity index (χ0n) is 15.4. The molecule has 0 atom stereocenters. The van der Waals surface area contributed by atoms with Crippen LogP contribution >= 0.6 is 0 Å². The van der Waals surface area contributed by atoms with Gasteiger partial charge in [0.2, 0.25) is 0 Å². The summed E-state index contributed by atoms with van der Waals surface area (Å²) < 4.78 is 10.8. The second-order valence-electron chi connectivity index (χ2n) is 6.44. The van der Waals surface area contributed by atoms with Crippen LogP contribution in [0.1, 0.15) is 12.8 Å². The maximum Gasteiger partial charge on any atom is 0.163 e. The Balaban J connectivity index is 1.71. The molecule has 2 aromatic carbocycles. The number of nitrogens with zero attached hydrogens (tertiary/aromatic N) is 2. The van der Waals surface area contributed by atoms with E-state index >= 15 is 0 Å². The molecule has 4 rings (SSSR count). The molecule has 27 heavy (non-hydrogen) atoms. The number of anilines is 3. The first kappa shape index (κ1) is 17.1. The minimum Gasteiger partial charge on any atom is -0.497 e. The van der Waals surface area contributed by atoms with Gasteiger partial charge in [0.15, 0.2) is 5.82 Å². The summed E-state index contributed by atoms with van der Waals surface area (Å²) in [6.45, 7) is 0. The van der Waals surface area contributed by atoms with E-state index in [0.29, 0.717) is 23.4 Å². The SMILES string of the molecule is COc1ccc(OC)c(Nc2cc(NC3CC3)nc(-c3ccccc3)n2)c1. The first-order valence-electron chi connectivity index (χ1n) is 8.95. The van der Waals surface area contributed by atoms with Crippen LogP contribution in [-0.2, 0) is 0 Å². The van der Waals surface area contributed by atoms with Crippen LogP contribution < -0.4 is 20.1 Å². The van der Waals surface area contributed by atoms with Gasteiger partial charge in [0, 0.05) is 23.7 Å². The second kappa shape index (κ2) is 7.53. The Bertz CT molecular complexity index is 927. The summed E-state index contributed by atoms with van der Waals surface area (Å²) in [6.07, 6.45) is 2.36. The number of hydrogen-bond acceptors (Lipinski definition) is 6. The fraction of sp³-hybridized carbons (Fsp3) is 0.238. The molecule has 0 saturated heterocycles. The van der Waals surface area contributed by atoms with Crippen molar-refractivity contribution in [2.24, 2.45) is 0 Å². The predicted molar refractivity (Wildman–Crippen MR) is 107 cm³/mol. The van der Waals surface area contributed by atoms with Gasteiger partial charge in [-0.2, -0.15) is 0 Å². The lowest BCUT2D eigenvalue weighted by Gasteiger charge is -2.14. The van der Waals surface area contributed by atoms with Gasteiger partial charge in [0.05, 0.1) is 19.9 Å². The average Bonchev–Trinajstić information content (AvgIpc) is 3.52. The zero-order valence-corrected chi connectivity index (χ0v) is 15.4. The van der Waals surface area contributed by atoms with Crippen LogP contribution in [-0.4, -0.2) is 30.2 Å². The van der Waals surface area contributed by atoms with Crippen molar-refractivity contribution in [3.63, 3.8) is 0 Å². The van der Waals surface area contributed by atoms with Crippen molar-refractivity contribution < 1.29 is 9.47 Å². The molecular weight excluding hydrogens is 340 g/mol. The third kappa shape index (κ3) is 4.11. The molecule has 1 aromatic heterocycles. The van der Waals surface area contributed by atoms with Gasteiger partial charge in [-0.15, -0.1) is 0 Å². The smallest absolute Gasteiger partial charge is 0.163 e. The number of rotatable bonds is 7. The minimum absolute atomic E-state index is 0.503. The first-order valence-corrected chi connectivity index (χ1v) is 8.95. The van der Waals surface area contributed by atoms with Gasteiger partial charge in [-0.3, -0.25) is 0 Å². The van der Waals surface area contributed by atoms with E-state index in [2.05, 4.69) is 15.6 Å². The number of aromatic nitrogens is 2. The van der Waals surface area contributed by atoms with Crippen LogP contribution in [0.5, 0.6) is 11.5 Å². The van der Waals surface area contributed by atoms with Gasteiger partial charge >= 0.3 is 0 Å². The molecule has 0 radical (unpaired) electrons. The lowest BCUT2D eigenvalue weighted by Crippen LogP contribution is -2.06. The summed E-state index contributed by atoms with van der Waals surface area (Å²) in [7, 11) is 3.28. The Morgan fingerprint density at radius 2 is 1.67 bits per heavy atom. The van der Waals surface area contributed by atoms with E-state index in [0.717, 1.165) is 22.8 Å². The van der Waals surface area contributed by atoms with Crippen LogP contribution in [0.2, 0.25) is 0 Å². The summed E-state index contributed by atoms with van der Waals surface area (Å²) in [5, 5.41) is 6.80. The lowest BCUT2D eigenvalue weighted by atomic mass is 10.2. The van der Waals surface area contributed by atoms with Gasteiger partial charge in [0.1, 0.15) is 23.1 Å². The number of ether oxygens (including phenoxy) is 2. The van der Waals surface area contributed by atoms with Crippen molar-refractivity contribution in [1.29, 1.82) is 0 Å². The Kier molecular flexibility index (Phi) is 4.78. The maximum absolute atomic E-state index is 5.46. The molecule has 0 bridgehead atoms. The highest BCUT2D eigenvalue weighted by atomic mass is 16.5. The molecule has 1 aliphatic rings. The van der Waals surface area contributed by atoms with E-state index in [9.17, 15) is 0 Å². The van der Waals surface area contributed by atoms with Crippen molar-refractivity contribution in [3.8, 4) is 22.9 Å². The van der Waals surface area contributed by atoms with Crippen LogP contribution in [0, 0.1) is 0 Å². The van der Waals surface area contributed by atoms with E-state index in [4.69, 9.17) is 14.5 Å². The molecule has 0 unspecified atom stereocenters. The third-order valence-corrected chi connectivity index (χ3v) is 4.36. The normalized spacial score (nSPS) is 13.1. The number of nitrogens with one attached hydrogen (secondary N) is 2. The van der Waals surface area contributed by atoms with E-state index in [1.807, 2.05) is 54.6 Å². The summed E-state index contributed by atoms with van der Waals surface area (Å²) in [4.78, 5) is 9.38. The highest BCUT2D eigenvalue weighted by Crippen LogP contribution is 2.33. The number of benzene rings is 2. The second-order valence-corrected chi connectivity index (χ2v) is 6.44. The van der Waals surface area contributed by atoms with E-state index in [1.54, 1.807) is 14.2 Å². The number of hydrogen-bond donors (Lipinski definition) is 2. The Labute approximate surface area is 158 Å². The van der Waals surface area contributed by atoms with E-state index in [1.165, 1.54) is 12.8 Å². The van der Waals surface area contributed by atoms with Crippen molar-refractivity contribution in [3.05, 3.63) is 54.6 Å². The molecule has 0 aliphatic heterocycles. The maximum atomic E-state index is 5.46. The Hall–Kier alpha value is -3.28. The Morgan fingerprint density at radius 1 is 0.889 bits per heavy atom. The fourth-order valence-corrected chi connectivity index (χ4v) is 2.79. The molecule has 6 heteroatoms. The quantitative estimate of drug-likeness (QED) is 0.646. The molecule has 6 nitrogen and oxygen atoms in total. The molecule has 1 heterocycles. The molecule has 0 amide bonds. The van der Waals surface area contributed by atoms with Crippen molar-refractivity contribution in [2.45, 2.75) is 18.9 Å². The van der Waals surface area contributed by atoms with E-state index < -0.39 is 0 Å². The molecule has 3 aromatic rings. The van der Waals surface area contributed by atoms with E-state index in [-0.39, 0.29) is 0 Å². The zero-order chi connectivity index (χ0) is 18.6. The van der Waals surface area contributed by atoms with Crippen LogP contribution in [0.25, 0.3) is 11.4 Å². The van der Waals surface area contributed by atoms with Crippen LogP contribution in [0.3, 0.4) is 0 Å². The highest BCUT2D eigenvalue weighted by Gasteiger charge is 2.22. The predicted octanol–water partition coefficient (Wildman–Crippen LogP) is 4.48. The van der Waals surface area contributed by atoms with Crippen LogP contribution in [0.15, 0.2) is 54.6 Å². The van der Waals surface area contributed by atoms with Crippen LogP contribution in [0.4, 0.5) is 17.3 Å². The van der Waals surface area contributed by atoms with Gasteiger partial charge in [-0.05, 0) is 25.0 Å². The monoisotopic (exact) mass is 362 g/mol. The standard InChI is InChI=1S/C21H22N4O2/c1-26-16-10-11-18(27-2)17(12-16)23-20-13-19(22-15-8-9-15)24-21(25-20)14-6-4-3-5-7-14/h3-7,10-13,15H,8-9H2,1-2H3,(H2,22,23,24,25). The third-order valence-electron chi connectivity index (χ3n) is 4.36. The van der Waals surface area contributed by atoms with Gasteiger partial charge in [0.25, 0.3) is 0 Å². The molecule has 1 saturated carbocycles. The molecule has 2 N–H and O–H groups in total. The van der Waals surface area contributed by atoms with Crippen molar-refractivity contribution >= 4 is 17.3 Å². The largest absolute Gasteiger partial charge is 0.497 e. The first-order chi connectivity index (χ1) is 13.2.